The second-order valence-electron chi connectivity index (χ2n) is 7.03. The zero-order valence-electron chi connectivity index (χ0n) is 20.1. The molecule has 1 heterocycles. The molecule has 0 aromatic carbocycles. The molecule has 1 aromatic heterocycles. The molecule has 0 aliphatic carbocycles. The van der Waals surface area contributed by atoms with Crippen LogP contribution in [0.25, 0.3) is 5.70 Å². The normalized spacial score (nSPS) is 12.6. The van der Waals surface area contributed by atoms with Crippen molar-refractivity contribution < 1.29 is 22.7 Å². The first-order valence-electron chi connectivity index (χ1n) is 10.2. The minimum absolute atomic E-state index is 0.137. The lowest BCUT2D eigenvalue weighted by Crippen LogP contribution is -2.23. The van der Waals surface area contributed by atoms with Gasteiger partial charge in [-0.3, -0.25) is 14.5 Å². The summed E-state index contributed by atoms with van der Waals surface area (Å²) in [5.74, 6) is -0.137. The summed E-state index contributed by atoms with van der Waals surface area (Å²) in [7, 11) is 1.42. The molecular weight excluding hydrogens is 409 g/mol. The van der Waals surface area contributed by atoms with Crippen LogP contribution in [0.1, 0.15) is 79.6 Å². The van der Waals surface area contributed by atoms with Crippen molar-refractivity contribution in [3.8, 4) is 0 Å². The van der Waals surface area contributed by atoms with E-state index in [1.165, 1.54) is 7.05 Å². The van der Waals surface area contributed by atoms with E-state index in [0.29, 0.717) is 18.6 Å². The molecular formula is C22H37F3N4O2. The number of nitrogens with zero attached hydrogens (tertiary/aromatic N) is 3. The predicted molar refractivity (Wildman–Crippen MR) is 120 cm³/mol. The third-order valence-electron chi connectivity index (χ3n) is 3.25. The molecule has 1 aromatic rings. The van der Waals surface area contributed by atoms with Crippen LogP contribution in [0.4, 0.5) is 13.2 Å². The second-order valence-corrected chi connectivity index (χ2v) is 7.03. The Balaban J connectivity index is 0. The summed E-state index contributed by atoms with van der Waals surface area (Å²) in [6, 6.07) is 0.925. The van der Waals surface area contributed by atoms with E-state index in [-0.39, 0.29) is 23.0 Å². The van der Waals surface area contributed by atoms with Crippen molar-refractivity contribution in [1.29, 1.82) is 0 Å². The number of aromatic nitrogens is 2. The molecule has 0 fully saturated rings. The van der Waals surface area contributed by atoms with Gasteiger partial charge in [-0.1, -0.05) is 33.8 Å². The van der Waals surface area contributed by atoms with E-state index < -0.39 is 11.9 Å². The molecule has 0 unspecified atom stereocenters. The molecule has 0 aliphatic rings. The summed E-state index contributed by atoms with van der Waals surface area (Å²) in [6.45, 7) is 15.1. The van der Waals surface area contributed by atoms with E-state index in [2.05, 4.69) is 10.1 Å². The van der Waals surface area contributed by atoms with Crippen LogP contribution in [-0.4, -0.2) is 27.1 Å². The Morgan fingerprint density at radius 3 is 2.10 bits per heavy atom. The molecule has 9 heteroatoms. The third-order valence-corrected chi connectivity index (χ3v) is 3.25. The third kappa shape index (κ3) is 13.4. The number of nitrogens with two attached hydrogens (primary N) is 1. The van der Waals surface area contributed by atoms with Crippen molar-refractivity contribution >= 4 is 17.4 Å². The van der Waals surface area contributed by atoms with Crippen molar-refractivity contribution in [2.75, 3.05) is 0 Å². The fourth-order valence-corrected chi connectivity index (χ4v) is 1.94. The number of alkyl halides is 3. The monoisotopic (exact) mass is 446 g/mol. The van der Waals surface area contributed by atoms with Crippen LogP contribution >= 0.6 is 0 Å². The fraction of sp³-hybridized carbons (Fsp3) is 0.591. The number of esters is 1. The Labute approximate surface area is 184 Å². The first-order valence-corrected chi connectivity index (χ1v) is 10.2. The van der Waals surface area contributed by atoms with E-state index in [4.69, 9.17) is 10.5 Å². The molecule has 178 valence electrons. The Kier molecular flexibility index (Phi) is 14.2. The molecule has 2 N–H and O–H groups in total. The maximum Gasteiger partial charge on any atom is 0.435 e. The van der Waals surface area contributed by atoms with Gasteiger partial charge < -0.3 is 10.5 Å². The van der Waals surface area contributed by atoms with Gasteiger partial charge in [0.1, 0.15) is 5.60 Å². The lowest BCUT2D eigenvalue weighted by molar-refractivity contribution is -0.154. The zero-order chi connectivity index (χ0) is 24.8. The highest BCUT2D eigenvalue weighted by atomic mass is 19.4. The number of aliphatic imine (C=N–C) groups is 1. The average Bonchev–Trinajstić information content (AvgIpc) is 3.08. The van der Waals surface area contributed by atoms with Crippen LogP contribution in [-0.2, 0) is 22.8 Å². The number of hydrogen-bond donors (Lipinski definition) is 1. The number of aryl methyl sites for hydroxylation is 1. The van der Waals surface area contributed by atoms with Crippen LogP contribution in [0, 0.1) is 0 Å². The minimum atomic E-state index is -4.48. The van der Waals surface area contributed by atoms with Gasteiger partial charge in [-0.15, -0.1) is 0 Å². The number of hydrogen-bond acceptors (Lipinski definition) is 5. The van der Waals surface area contributed by atoms with E-state index in [1.807, 2.05) is 48.5 Å². The summed E-state index contributed by atoms with van der Waals surface area (Å²) in [5.41, 5.74) is 5.62. The molecule has 0 aliphatic heterocycles. The molecule has 0 saturated carbocycles. The Morgan fingerprint density at radius 2 is 1.77 bits per heavy atom. The first kappa shape index (κ1) is 30.6. The molecule has 31 heavy (non-hydrogen) atoms. The lowest BCUT2D eigenvalue weighted by Gasteiger charge is -2.18. The number of ether oxygens (including phenoxy) is 1. The van der Waals surface area contributed by atoms with E-state index in [0.717, 1.165) is 10.7 Å². The average molecular weight is 447 g/mol. The Hall–Kier alpha value is -2.58. The molecule has 0 amide bonds. The van der Waals surface area contributed by atoms with Crippen LogP contribution in [0.2, 0.25) is 0 Å². The standard InChI is InChI=1S/C13H17F3N4.C7H14O2.C2H6/c1-4-6-18-9(5-2)7-10(17)11-8-12(13(14,15)16)19-20(11)3;1-5-6(8)9-7(2,3)4;1-2/h4,6-8H,5,17H2,1-3H3;5H2,1-4H3;1-2H3/b6-4-,10-7-,18-9-;;. The molecule has 0 saturated heterocycles. The SMILES string of the molecule is CC.CCC(=O)OC(C)(C)C.C\C=C/N=C(\C=C(/N)c1cc(C(F)(F)F)nn1C)CC. The highest BCUT2D eigenvalue weighted by Crippen LogP contribution is 2.29. The van der Waals surface area contributed by atoms with Gasteiger partial charge in [0, 0.05) is 25.4 Å². The van der Waals surface area contributed by atoms with Gasteiger partial charge in [-0.05, 0) is 46.3 Å². The van der Waals surface area contributed by atoms with E-state index in [9.17, 15) is 18.0 Å². The number of rotatable bonds is 5. The molecule has 0 spiro atoms. The van der Waals surface area contributed by atoms with Gasteiger partial charge in [-0.25, -0.2) is 0 Å². The zero-order valence-corrected chi connectivity index (χ0v) is 20.1. The number of carbonyl (C=O) groups excluding carboxylic acids is 1. The predicted octanol–water partition coefficient (Wildman–Crippen LogP) is 5.89. The fourth-order valence-electron chi connectivity index (χ4n) is 1.94. The van der Waals surface area contributed by atoms with Crippen LogP contribution in [0.15, 0.2) is 29.4 Å². The van der Waals surface area contributed by atoms with Crippen LogP contribution < -0.4 is 5.73 Å². The van der Waals surface area contributed by atoms with Gasteiger partial charge in [0.25, 0.3) is 0 Å². The first-order chi connectivity index (χ1) is 14.2. The van der Waals surface area contributed by atoms with E-state index in [1.54, 1.807) is 25.3 Å². The smallest absolute Gasteiger partial charge is 0.435 e. The second kappa shape index (κ2) is 14.4. The van der Waals surface area contributed by atoms with Crippen molar-refractivity contribution in [3.63, 3.8) is 0 Å². The molecule has 0 atom stereocenters. The van der Waals surface area contributed by atoms with Crippen molar-refractivity contribution in [2.24, 2.45) is 17.8 Å². The molecule has 1 rings (SSSR count). The highest BCUT2D eigenvalue weighted by Gasteiger charge is 2.34. The van der Waals surface area contributed by atoms with E-state index >= 15 is 0 Å². The minimum Gasteiger partial charge on any atom is -0.460 e. The van der Waals surface area contributed by atoms with Crippen LogP contribution in [0.3, 0.4) is 0 Å². The Bertz CT molecular complexity index is 756. The van der Waals surface area contributed by atoms with Gasteiger partial charge in [0.05, 0.1) is 11.4 Å². The maximum absolute atomic E-state index is 12.6. The van der Waals surface area contributed by atoms with Gasteiger partial charge in [0.2, 0.25) is 0 Å². The highest BCUT2D eigenvalue weighted by molar-refractivity contribution is 6.00. The maximum atomic E-state index is 12.6. The molecule has 0 radical (unpaired) electrons. The van der Waals surface area contributed by atoms with Crippen LogP contribution in [0.5, 0.6) is 0 Å². The van der Waals surface area contributed by atoms with Crippen molar-refractivity contribution in [3.05, 3.63) is 35.8 Å². The Morgan fingerprint density at radius 1 is 1.23 bits per heavy atom. The van der Waals surface area contributed by atoms with Gasteiger partial charge in [-0.2, -0.15) is 18.3 Å². The topological polar surface area (TPSA) is 82.5 Å². The lowest BCUT2D eigenvalue weighted by atomic mass is 10.2. The number of allylic oxidation sites excluding steroid dienone is 2. The summed E-state index contributed by atoms with van der Waals surface area (Å²) in [5, 5.41) is 3.42. The summed E-state index contributed by atoms with van der Waals surface area (Å²) in [4.78, 5) is 14.7. The largest absolute Gasteiger partial charge is 0.460 e. The summed E-state index contributed by atoms with van der Waals surface area (Å²) in [6.07, 6.45) is 1.50. The van der Waals surface area contributed by atoms with Gasteiger partial charge in [0.15, 0.2) is 5.69 Å². The van der Waals surface area contributed by atoms with Crippen molar-refractivity contribution in [1.82, 2.24) is 9.78 Å². The molecule has 6 nitrogen and oxygen atoms in total. The summed E-state index contributed by atoms with van der Waals surface area (Å²) < 4.78 is 43.8. The van der Waals surface area contributed by atoms with Crippen molar-refractivity contribution in [2.45, 2.75) is 80.0 Å². The quantitative estimate of drug-likeness (QED) is 0.452. The number of halogens is 3. The van der Waals surface area contributed by atoms with Gasteiger partial charge >= 0.3 is 12.1 Å². The number of carbonyl (C=O) groups is 1. The molecule has 0 bridgehead atoms. The summed E-state index contributed by atoms with van der Waals surface area (Å²) >= 11 is 0.